The molecule has 2 aromatic rings. The van der Waals surface area contributed by atoms with Gasteiger partial charge in [0.15, 0.2) is 5.69 Å². The van der Waals surface area contributed by atoms with Gasteiger partial charge in [-0.2, -0.15) is 0 Å². The van der Waals surface area contributed by atoms with Crippen molar-refractivity contribution in [2.45, 2.75) is 24.9 Å². The zero-order valence-electron chi connectivity index (χ0n) is 17.2. The molecule has 1 amide bonds. The summed E-state index contributed by atoms with van der Waals surface area (Å²) in [4.78, 5) is 19.2. The summed E-state index contributed by atoms with van der Waals surface area (Å²) in [5.41, 5.74) is 4.05. The van der Waals surface area contributed by atoms with E-state index in [0.29, 0.717) is 30.6 Å². The van der Waals surface area contributed by atoms with E-state index < -0.39 is 11.5 Å². The molecular formula is C23H28N4O3. The van der Waals surface area contributed by atoms with Gasteiger partial charge in [-0.05, 0) is 49.1 Å². The molecule has 0 saturated carbocycles. The lowest BCUT2D eigenvalue weighted by molar-refractivity contribution is -0.0137. The van der Waals surface area contributed by atoms with Crippen LogP contribution in [0.4, 0.5) is 11.4 Å². The molecule has 1 saturated heterocycles. The second-order valence-corrected chi connectivity index (χ2v) is 7.94. The number of aliphatic hydroxyl groups is 1. The van der Waals surface area contributed by atoms with Crippen LogP contribution in [0.25, 0.3) is 4.85 Å². The van der Waals surface area contributed by atoms with Gasteiger partial charge in [-0.25, -0.2) is 10.3 Å². The van der Waals surface area contributed by atoms with Crippen molar-refractivity contribution >= 4 is 17.3 Å². The average Bonchev–Trinajstić information content (AvgIpc) is 2.78. The number of hydroxylamine groups is 1. The summed E-state index contributed by atoms with van der Waals surface area (Å²) in [5, 5.41) is 19.8. The van der Waals surface area contributed by atoms with E-state index in [2.05, 4.69) is 9.74 Å². The van der Waals surface area contributed by atoms with Crippen LogP contribution in [0.15, 0.2) is 48.5 Å². The molecule has 0 spiro atoms. The second kappa shape index (κ2) is 9.72. The van der Waals surface area contributed by atoms with Crippen LogP contribution in [0, 0.1) is 6.57 Å². The highest BCUT2D eigenvalue weighted by Crippen LogP contribution is 2.26. The van der Waals surface area contributed by atoms with E-state index in [1.165, 1.54) is 5.56 Å². The number of likely N-dealkylation sites (N-methyl/N-ethyl adjacent to an activating group) is 1. The number of piperidine rings is 1. The number of likely N-dealkylation sites (tertiary alicyclic amines) is 1. The Kier molecular flexibility index (Phi) is 7.06. The van der Waals surface area contributed by atoms with Crippen LogP contribution < -0.4 is 10.4 Å². The molecule has 1 aliphatic rings. The third-order valence-electron chi connectivity index (χ3n) is 5.77. The minimum atomic E-state index is -0.746. The lowest BCUT2D eigenvalue weighted by Crippen LogP contribution is -2.50. The van der Waals surface area contributed by atoms with Crippen molar-refractivity contribution in [1.29, 1.82) is 0 Å². The van der Waals surface area contributed by atoms with Crippen LogP contribution in [0.3, 0.4) is 0 Å². The lowest BCUT2D eigenvalue weighted by Gasteiger charge is -2.40. The van der Waals surface area contributed by atoms with Gasteiger partial charge in [-0.1, -0.05) is 24.3 Å². The van der Waals surface area contributed by atoms with Crippen molar-refractivity contribution in [2.24, 2.45) is 0 Å². The summed E-state index contributed by atoms with van der Waals surface area (Å²) >= 11 is 0. The van der Waals surface area contributed by atoms with E-state index in [9.17, 15) is 9.90 Å². The Balaban J connectivity index is 1.47. The second-order valence-electron chi connectivity index (χ2n) is 7.94. The molecule has 0 atom stereocenters. The SMILES string of the molecule is [C-]#[N+]c1ccc(CCN2CCC(O)(CN(C)c3ccc(C(=O)NO)cc3)CC2)cc1. The van der Waals surface area contributed by atoms with E-state index in [1.807, 2.05) is 48.3 Å². The molecule has 0 unspecified atom stereocenters. The fourth-order valence-corrected chi connectivity index (χ4v) is 3.84. The summed E-state index contributed by atoms with van der Waals surface area (Å²) in [5.74, 6) is -0.544. The first-order chi connectivity index (χ1) is 14.4. The molecule has 0 radical (unpaired) electrons. The monoisotopic (exact) mass is 408 g/mol. The third kappa shape index (κ3) is 5.57. The highest BCUT2D eigenvalue weighted by Gasteiger charge is 2.33. The quantitative estimate of drug-likeness (QED) is 0.373. The number of benzene rings is 2. The number of anilines is 1. The molecule has 7 heteroatoms. The summed E-state index contributed by atoms with van der Waals surface area (Å²) in [6.07, 6.45) is 2.35. The number of hydrogen-bond donors (Lipinski definition) is 3. The summed E-state index contributed by atoms with van der Waals surface area (Å²) in [6, 6.07) is 14.6. The van der Waals surface area contributed by atoms with Crippen molar-refractivity contribution in [2.75, 3.05) is 38.1 Å². The first kappa shape index (κ1) is 21.8. The van der Waals surface area contributed by atoms with Gasteiger partial charge >= 0.3 is 0 Å². The standard InChI is InChI=1S/C23H28N4O3/c1-24-20-7-3-18(4-8-20)11-14-27-15-12-23(29,13-16-27)17-26(2)21-9-5-19(6-10-21)22(28)25-30/h3-10,29-30H,11-17H2,2H3,(H,25,28). The Labute approximate surface area is 177 Å². The molecule has 7 nitrogen and oxygen atoms in total. The number of hydrogen-bond acceptors (Lipinski definition) is 5. The molecule has 3 rings (SSSR count). The van der Waals surface area contributed by atoms with Gasteiger partial charge in [-0.15, -0.1) is 0 Å². The van der Waals surface area contributed by atoms with E-state index in [-0.39, 0.29) is 0 Å². The number of carbonyl (C=O) groups excluding carboxylic acids is 1. The number of amides is 1. The van der Waals surface area contributed by atoms with Gasteiger partial charge in [0.1, 0.15) is 0 Å². The van der Waals surface area contributed by atoms with E-state index in [0.717, 1.165) is 31.7 Å². The van der Waals surface area contributed by atoms with E-state index in [1.54, 1.807) is 17.6 Å². The van der Waals surface area contributed by atoms with Crippen molar-refractivity contribution in [3.05, 3.63) is 71.1 Å². The normalized spacial score (nSPS) is 15.9. The van der Waals surface area contributed by atoms with E-state index >= 15 is 0 Å². The largest absolute Gasteiger partial charge is 0.388 e. The molecule has 0 bridgehead atoms. The van der Waals surface area contributed by atoms with Crippen LogP contribution in [0.1, 0.15) is 28.8 Å². The Morgan fingerprint density at radius 3 is 2.37 bits per heavy atom. The first-order valence-electron chi connectivity index (χ1n) is 10.1. The zero-order valence-corrected chi connectivity index (χ0v) is 17.2. The smallest absolute Gasteiger partial charge is 0.274 e. The van der Waals surface area contributed by atoms with Crippen molar-refractivity contribution < 1.29 is 15.1 Å². The maximum atomic E-state index is 11.4. The minimum absolute atomic E-state index is 0.380. The van der Waals surface area contributed by atoms with Gasteiger partial charge < -0.3 is 14.9 Å². The average molecular weight is 409 g/mol. The molecule has 1 fully saturated rings. The van der Waals surface area contributed by atoms with Crippen molar-refractivity contribution in [3.8, 4) is 0 Å². The molecule has 0 aliphatic carbocycles. The van der Waals surface area contributed by atoms with Gasteiger partial charge in [-0.3, -0.25) is 10.0 Å². The molecule has 1 aliphatic heterocycles. The summed E-state index contributed by atoms with van der Waals surface area (Å²) in [7, 11) is 1.93. The maximum Gasteiger partial charge on any atom is 0.274 e. The number of nitrogens with zero attached hydrogens (tertiary/aromatic N) is 3. The number of nitrogens with one attached hydrogen (secondary N) is 1. The maximum absolute atomic E-state index is 11.4. The van der Waals surface area contributed by atoms with Crippen LogP contribution >= 0.6 is 0 Å². The van der Waals surface area contributed by atoms with Gasteiger partial charge in [0.05, 0.1) is 12.2 Å². The van der Waals surface area contributed by atoms with Crippen LogP contribution in [0.2, 0.25) is 0 Å². The Bertz CT molecular complexity index is 882. The molecule has 158 valence electrons. The highest BCUT2D eigenvalue weighted by molar-refractivity contribution is 5.93. The minimum Gasteiger partial charge on any atom is -0.388 e. The molecule has 3 N–H and O–H groups in total. The van der Waals surface area contributed by atoms with Crippen molar-refractivity contribution in [1.82, 2.24) is 10.4 Å². The van der Waals surface area contributed by atoms with E-state index in [4.69, 9.17) is 11.8 Å². The summed E-state index contributed by atoms with van der Waals surface area (Å²) < 4.78 is 0. The highest BCUT2D eigenvalue weighted by atomic mass is 16.5. The first-order valence-corrected chi connectivity index (χ1v) is 10.1. The lowest BCUT2D eigenvalue weighted by atomic mass is 9.90. The predicted octanol–water partition coefficient (Wildman–Crippen LogP) is 2.86. The van der Waals surface area contributed by atoms with Crippen LogP contribution in [-0.4, -0.2) is 59.9 Å². The Morgan fingerprint density at radius 1 is 1.17 bits per heavy atom. The Hall–Kier alpha value is -2.92. The molecule has 1 heterocycles. The van der Waals surface area contributed by atoms with Crippen LogP contribution in [0.5, 0.6) is 0 Å². The topological polar surface area (TPSA) is 80.4 Å². The predicted molar refractivity (Wildman–Crippen MR) is 116 cm³/mol. The van der Waals surface area contributed by atoms with Gasteiger partial charge in [0, 0.05) is 44.5 Å². The van der Waals surface area contributed by atoms with Crippen molar-refractivity contribution in [3.63, 3.8) is 0 Å². The fraction of sp³-hybridized carbons (Fsp3) is 0.391. The van der Waals surface area contributed by atoms with Crippen LogP contribution in [-0.2, 0) is 6.42 Å². The molecule has 30 heavy (non-hydrogen) atoms. The molecular weight excluding hydrogens is 380 g/mol. The van der Waals surface area contributed by atoms with Gasteiger partial charge in [0.2, 0.25) is 0 Å². The summed E-state index contributed by atoms with van der Waals surface area (Å²) in [6.45, 7) is 10.2. The molecule has 2 aromatic carbocycles. The zero-order chi connectivity index (χ0) is 21.6. The number of rotatable bonds is 7. The van der Waals surface area contributed by atoms with Gasteiger partial charge in [0.25, 0.3) is 5.91 Å². The third-order valence-corrected chi connectivity index (χ3v) is 5.77. The Morgan fingerprint density at radius 2 is 1.80 bits per heavy atom. The number of carbonyl (C=O) groups is 1. The molecule has 0 aromatic heterocycles. The fourth-order valence-electron chi connectivity index (χ4n) is 3.84.